The van der Waals surface area contributed by atoms with Crippen molar-refractivity contribution in [1.29, 1.82) is 0 Å². The second-order valence-corrected chi connectivity index (χ2v) is 10.5. The molecule has 0 amide bonds. The summed E-state index contributed by atoms with van der Waals surface area (Å²) in [5.41, 5.74) is 9.46. The molecule has 0 bridgehead atoms. The molecule has 0 spiro atoms. The molecule has 0 aliphatic rings. The third-order valence-electron chi connectivity index (χ3n) is 6.82. The third kappa shape index (κ3) is 5.23. The number of pyridine rings is 3. The molecule has 6 heteroatoms. The van der Waals surface area contributed by atoms with E-state index in [-0.39, 0.29) is 25.8 Å². The molecule has 4 nitrogen and oxygen atoms in total. The van der Waals surface area contributed by atoms with Crippen molar-refractivity contribution < 1.29 is 28.6 Å². The van der Waals surface area contributed by atoms with Crippen LogP contribution >= 0.6 is 11.3 Å². The van der Waals surface area contributed by atoms with E-state index in [1.54, 1.807) is 23.6 Å². The van der Waals surface area contributed by atoms with E-state index in [9.17, 15) is 0 Å². The van der Waals surface area contributed by atoms with Crippen LogP contribution in [0, 0.1) is 46.7 Å². The van der Waals surface area contributed by atoms with Gasteiger partial charge < -0.3 is 14.4 Å². The Morgan fingerprint density at radius 3 is 2.55 bits per heavy atom. The molecule has 5 aromatic heterocycles. The second kappa shape index (κ2) is 11.4. The minimum Gasteiger partial charge on any atom is -0.486 e. The minimum absolute atomic E-state index is 0. The quantitative estimate of drug-likeness (QED) is 0.167. The monoisotopic (exact) mass is 721 g/mol. The molecule has 40 heavy (non-hydrogen) atoms. The Bertz CT molecular complexity index is 2080. The van der Waals surface area contributed by atoms with E-state index < -0.39 is 6.85 Å². The van der Waals surface area contributed by atoms with Crippen LogP contribution in [0.15, 0.2) is 76.8 Å². The Morgan fingerprint density at radius 2 is 1.77 bits per heavy atom. The fourth-order valence-electron chi connectivity index (χ4n) is 4.56. The van der Waals surface area contributed by atoms with Crippen LogP contribution in [0.2, 0.25) is 0 Å². The summed E-state index contributed by atoms with van der Waals surface area (Å²) in [5, 5.41) is 4.85. The van der Waals surface area contributed by atoms with Gasteiger partial charge in [0.15, 0.2) is 0 Å². The number of hydrogen-bond donors (Lipinski definition) is 0. The molecule has 0 aliphatic heterocycles. The van der Waals surface area contributed by atoms with Crippen LogP contribution in [0.1, 0.15) is 32.1 Å². The van der Waals surface area contributed by atoms with Crippen molar-refractivity contribution in [1.82, 2.24) is 15.0 Å². The van der Waals surface area contributed by atoms with E-state index in [1.807, 2.05) is 30.5 Å². The zero-order valence-corrected chi connectivity index (χ0v) is 25.6. The average molecular weight is 721 g/mol. The summed E-state index contributed by atoms with van der Waals surface area (Å²) in [6.07, 6.45) is 3.70. The van der Waals surface area contributed by atoms with Crippen LogP contribution in [-0.4, -0.2) is 15.0 Å². The number of fused-ring (bicyclic) bond motifs is 4. The van der Waals surface area contributed by atoms with Gasteiger partial charge in [0.25, 0.3) is 0 Å². The van der Waals surface area contributed by atoms with E-state index >= 15 is 0 Å². The Balaban J connectivity index is 0.000000197. The minimum atomic E-state index is -2.27. The van der Waals surface area contributed by atoms with Crippen molar-refractivity contribution in [2.24, 2.45) is 0 Å². The molecule has 0 atom stereocenters. The number of aromatic nitrogens is 3. The summed E-state index contributed by atoms with van der Waals surface area (Å²) >= 11 is 1.68. The molecule has 0 N–H and O–H groups in total. The molecule has 7 aromatic rings. The summed E-state index contributed by atoms with van der Waals surface area (Å²) in [4.78, 5) is 13.2. The van der Waals surface area contributed by atoms with Crippen molar-refractivity contribution in [3.63, 3.8) is 0 Å². The average Bonchev–Trinajstić information content (AvgIpc) is 3.55. The molecule has 0 fully saturated rings. The largest absolute Gasteiger partial charge is 0.486 e. The summed E-state index contributed by atoms with van der Waals surface area (Å²) in [5.74, 6) is 0. The van der Waals surface area contributed by atoms with E-state index in [0.717, 1.165) is 48.9 Å². The van der Waals surface area contributed by atoms with Crippen molar-refractivity contribution in [2.45, 2.75) is 34.5 Å². The molecule has 0 aliphatic carbocycles. The third-order valence-corrected chi connectivity index (χ3v) is 7.89. The van der Waals surface area contributed by atoms with Gasteiger partial charge in [0, 0.05) is 58.1 Å². The number of thiophene rings is 1. The van der Waals surface area contributed by atoms with Gasteiger partial charge >= 0.3 is 0 Å². The first-order valence-electron chi connectivity index (χ1n) is 14.1. The summed E-state index contributed by atoms with van der Waals surface area (Å²) < 4.78 is 29.9. The maximum atomic E-state index is 7.57. The van der Waals surface area contributed by atoms with Crippen LogP contribution in [0.3, 0.4) is 0 Å². The molecule has 0 unspecified atom stereocenters. The van der Waals surface area contributed by atoms with Crippen molar-refractivity contribution in [3.8, 4) is 22.5 Å². The van der Waals surface area contributed by atoms with Crippen molar-refractivity contribution in [2.75, 3.05) is 0 Å². The topological polar surface area (TPSA) is 51.8 Å². The first-order valence-corrected chi connectivity index (χ1v) is 13.5. The van der Waals surface area contributed by atoms with E-state index in [0.29, 0.717) is 11.3 Å². The molecule has 2 aromatic carbocycles. The fourth-order valence-corrected chi connectivity index (χ4v) is 5.49. The van der Waals surface area contributed by atoms with E-state index in [1.165, 1.54) is 22.8 Å². The van der Waals surface area contributed by atoms with Crippen LogP contribution in [0.25, 0.3) is 54.7 Å². The zero-order chi connectivity index (χ0) is 29.6. The fraction of sp³-hybridized carbons (Fsp3) is 0.147. The van der Waals surface area contributed by atoms with Crippen LogP contribution in [0.4, 0.5) is 0 Å². The number of rotatable bonds is 2. The standard InChI is InChI=1S/C20H13N2OS.C14H14N.Ir/c1-11-10-24-16-8-9-21-18(17(11)16)15-5-3-4-13-14-7-6-12(2)22-20(14)23-19(13)15;1-10-4-6-13(7-5-10)14-8-11(2)12(3)9-15-14;/h3-4,6-10H,1-2H3;4-6,8-9H,1-3H3;/q2*-1;/i2D3;;. The molecule has 5 heterocycles. The second-order valence-electron chi connectivity index (χ2n) is 9.63. The zero-order valence-electron chi connectivity index (χ0n) is 25.4. The summed E-state index contributed by atoms with van der Waals surface area (Å²) in [6.45, 7) is 6.03. The molecular formula is C34H27IrN3OS-2. The number of hydrogen-bond acceptors (Lipinski definition) is 5. The van der Waals surface area contributed by atoms with Crippen molar-refractivity contribution in [3.05, 3.63) is 112 Å². The maximum absolute atomic E-state index is 7.57. The maximum Gasteiger partial charge on any atom is 0.216 e. The van der Waals surface area contributed by atoms with Gasteiger partial charge in [0.2, 0.25) is 5.71 Å². The van der Waals surface area contributed by atoms with Crippen molar-refractivity contribution >= 4 is 43.5 Å². The normalized spacial score (nSPS) is 12.3. The number of aryl methyl sites for hydroxylation is 5. The number of benzene rings is 2. The number of nitrogens with zero attached hydrogens (tertiary/aromatic N) is 3. The SMILES string of the molecule is Cc1c[c-]c(-c2cc(C)c(C)cn2)cc1.[2H]C([2H])([2H])c1ccc2c(n1)oc1c(-c3nccc4scc(C)c34)[c-]ccc12.[Ir]. The van der Waals surface area contributed by atoms with Gasteiger partial charge in [-0.05, 0) is 73.4 Å². The predicted molar refractivity (Wildman–Crippen MR) is 161 cm³/mol. The van der Waals surface area contributed by atoms with Gasteiger partial charge in [0.05, 0.1) is 5.58 Å². The Hall–Kier alpha value is -3.70. The first kappa shape index (κ1) is 24.1. The van der Waals surface area contributed by atoms with Crippen LogP contribution in [0.5, 0.6) is 0 Å². The Kier molecular flexibility index (Phi) is 6.89. The summed E-state index contributed by atoms with van der Waals surface area (Å²) in [6, 6.07) is 23.8. The van der Waals surface area contributed by atoms with Gasteiger partial charge in [-0.2, -0.15) is 0 Å². The van der Waals surface area contributed by atoms with Gasteiger partial charge in [-0.3, -0.25) is 0 Å². The molecule has 1 radical (unpaired) electrons. The Labute approximate surface area is 255 Å². The predicted octanol–water partition coefficient (Wildman–Crippen LogP) is 9.15. The smallest absolute Gasteiger partial charge is 0.216 e. The van der Waals surface area contributed by atoms with E-state index in [4.69, 9.17) is 8.53 Å². The molecule has 0 saturated heterocycles. The Morgan fingerprint density at radius 1 is 0.900 bits per heavy atom. The molecule has 201 valence electrons. The molecule has 0 saturated carbocycles. The van der Waals surface area contributed by atoms with Crippen LogP contribution in [-0.2, 0) is 20.1 Å². The molecular weight excluding hydrogens is 691 g/mol. The first-order chi connectivity index (χ1) is 20.1. The van der Waals surface area contributed by atoms with Gasteiger partial charge in [-0.15, -0.1) is 64.9 Å². The summed E-state index contributed by atoms with van der Waals surface area (Å²) in [7, 11) is 0. The molecule has 7 rings (SSSR count). The van der Waals surface area contributed by atoms with E-state index in [2.05, 4.69) is 78.4 Å². The van der Waals surface area contributed by atoms with Crippen LogP contribution < -0.4 is 0 Å². The van der Waals surface area contributed by atoms with Gasteiger partial charge in [0.1, 0.15) is 0 Å². The van der Waals surface area contributed by atoms with Gasteiger partial charge in [-0.1, -0.05) is 29.5 Å². The number of furan rings is 1. The van der Waals surface area contributed by atoms with Gasteiger partial charge in [-0.25, -0.2) is 4.98 Å².